The van der Waals surface area contributed by atoms with Gasteiger partial charge in [0.1, 0.15) is 57.0 Å². The van der Waals surface area contributed by atoms with Crippen LogP contribution in [0.5, 0.6) is 0 Å². The Balaban J connectivity index is 0.00000378. The summed E-state index contributed by atoms with van der Waals surface area (Å²) in [6.45, 7) is 0. The van der Waals surface area contributed by atoms with E-state index in [4.69, 9.17) is 0 Å². The van der Waals surface area contributed by atoms with Gasteiger partial charge in [-0.2, -0.15) is 0 Å². The van der Waals surface area contributed by atoms with Crippen LogP contribution in [0.25, 0.3) is 10.8 Å². The first kappa shape index (κ1) is 32.9. The molecule has 0 saturated carbocycles. The minimum Gasteiger partial charge on any atom is -1.00 e. The van der Waals surface area contributed by atoms with E-state index in [1.165, 1.54) is 53.2 Å². The molecule has 8 aromatic carbocycles. The van der Waals surface area contributed by atoms with Crippen molar-refractivity contribution >= 4 is 67.7 Å². The first-order valence-electron chi connectivity index (χ1n) is 16.5. The fourth-order valence-corrected chi connectivity index (χ4v) is 16.4. The zero-order valence-electron chi connectivity index (χ0n) is 27.1. The van der Waals surface area contributed by atoms with Crippen LogP contribution in [0.1, 0.15) is 0 Å². The van der Waals surface area contributed by atoms with E-state index >= 15 is 0 Å². The molecule has 0 N–H and O–H groups in total. The van der Waals surface area contributed by atoms with Crippen molar-refractivity contribution in [3.05, 3.63) is 218 Å². The maximum Gasteiger partial charge on any atom is 0.144 e. The maximum absolute atomic E-state index is 2.49. The van der Waals surface area contributed by atoms with Crippen LogP contribution in [0, 0.1) is 0 Å². The molecule has 0 bridgehead atoms. The van der Waals surface area contributed by atoms with Crippen LogP contribution in [0.4, 0.5) is 0 Å². The van der Waals surface area contributed by atoms with Gasteiger partial charge in [0.05, 0.1) is 0 Å². The highest BCUT2D eigenvalue weighted by molar-refractivity contribution is 8.02. The maximum atomic E-state index is 2.49. The van der Waals surface area contributed by atoms with Crippen LogP contribution in [0.3, 0.4) is 0 Å². The Kier molecular flexibility index (Phi) is 9.70. The van der Waals surface area contributed by atoms with E-state index in [-0.39, 0.29) is 17.0 Å². The lowest BCUT2D eigenvalue weighted by atomic mass is 10.1. The minimum atomic E-state index is -2.33. The molecule has 0 aliphatic carbocycles. The molecule has 0 aliphatic rings. The van der Waals surface area contributed by atoms with Gasteiger partial charge in [-0.05, 0) is 84.9 Å². The molecule has 0 aliphatic heterocycles. The molecule has 0 amide bonds. The number of benzene rings is 8. The minimum absolute atomic E-state index is 0. The predicted octanol–water partition coefficient (Wildman–Crippen LogP) is 5.08. The van der Waals surface area contributed by atoms with E-state index in [9.17, 15) is 0 Å². The molecule has 0 radical (unpaired) electrons. The third-order valence-electron chi connectivity index (χ3n) is 9.46. The van der Waals surface area contributed by atoms with Crippen molar-refractivity contribution in [1.82, 2.24) is 0 Å². The molecule has 0 fully saturated rings. The summed E-state index contributed by atoms with van der Waals surface area (Å²) in [7, 11) is -4.65. The van der Waals surface area contributed by atoms with E-state index in [1.807, 2.05) is 0 Å². The lowest BCUT2D eigenvalue weighted by molar-refractivity contribution is -0.00000891. The second kappa shape index (κ2) is 14.5. The second-order valence-electron chi connectivity index (χ2n) is 12.0. The van der Waals surface area contributed by atoms with Gasteiger partial charge in [-0.15, -0.1) is 0 Å². The second-order valence-corrected chi connectivity index (χ2v) is 18.7. The topological polar surface area (TPSA) is 0 Å². The van der Waals surface area contributed by atoms with Crippen molar-refractivity contribution in [2.24, 2.45) is 0 Å². The molecule has 3 heteroatoms. The largest absolute Gasteiger partial charge is 1.00 e. The Morgan fingerprint density at radius 1 is 0.204 bits per heavy atom. The van der Waals surface area contributed by atoms with Gasteiger partial charge in [0.2, 0.25) is 0 Å². The number of halogens is 1. The summed E-state index contributed by atoms with van der Waals surface area (Å²) in [6.07, 6.45) is 0. The number of fused-ring (bicyclic) bond motifs is 1. The average Bonchev–Trinajstić information content (AvgIpc) is 3.18. The van der Waals surface area contributed by atoms with Gasteiger partial charge in [0.25, 0.3) is 0 Å². The van der Waals surface area contributed by atoms with E-state index in [2.05, 4.69) is 218 Å². The van der Waals surface area contributed by atoms with E-state index < -0.39 is 14.5 Å². The Morgan fingerprint density at radius 2 is 0.388 bits per heavy atom. The normalized spacial score (nSPS) is 11.5. The van der Waals surface area contributed by atoms with Crippen molar-refractivity contribution in [1.29, 1.82) is 0 Å². The van der Waals surface area contributed by atoms with Crippen LogP contribution < -0.4 is 59.4 Å². The molecule has 0 aromatic heterocycles. The van der Waals surface area contributed by atoms with Crippen LogP contribution in [0.2, 0.25) is 0 Å². The molecule has 0 unspecified atom stereocenters. The summed E-state index contributed by atoms with van der Waals surface area (Å²) in [5, 5.41) is 13.5. The molecule has 8 aromatic rings. The van der Waals surface area contributed by atoms with Crippen molar-refractivity contribution in [3.63, 3.8) is 0 Å². The van der Waals surface area contributed by atoms with Crippen molar-refractivity contribution < 1.29 is 17.0 Å². The van der Waals surface area contributed by atoms with Gasteiger partial charge in [-0.3, -0.25) is 0 Å². The SMILES string of the molecule is [Br-].c1ccc([P+](c2ccccc2)(c2ccccc2)c2ccc([P+](c3ccccc3)(c3ccccc3)c3ccccc3)c3ccccc23)cc1. The molecule has 0 heterocycles. The number of hydrogen-bond donors (Lipinski definition) is 0. The number of rotatable bonds is 8. The van der Waals surface area contributed by atoms with Gasteiger partial charge in [0, 0.05) is 10.8 Å². The van der Waals surface area contributed by atoms with Crippen LogP contribution in [-0.4, -0.2) is 0 Å². The molecule has 0 nitrogen and oxygen atoms in total. The molecule has 0 spiro atoms. The summed E-state index contributed by atoms with van der Waals surface area (Å²) < 4.78 is 0. The monoisotopic (exact) mass is 729 g/mol. The van der Waals surface area contributed by atoms with Gasteiger partial charge < -0.3 is 17.0 Å². The first-order chi connectivity index (χ1) is 23.8. The molecule has 0 atom stereocenters. The van der Waals surface area contributed by atoms with Gasteiger partial charge in [-0.25, -0.2) is 0 Å². The summed E-state index contributed by atoms with van der Waals surface area (Å²) >= 11 is 0. The highest BCUT2D eigenvalue weighted by Gasteiger charge is 2.52. The van der Waals surface area contributed by atoms with E-state index in [1.54, 1.807) is 0 Å². The van der Waals surface area contributed by atoms with Crippen molar-refractivity contribution in [2.75, 3.05) is 0 Å². The quantitative estimate of drug-likeness (QED) is 0.192. The van der Waals surface area contributed by atoms with Crippen molar-refractivity contribution in [3.8, 4) is 0 Å². The highest BCUT2D eigenvalue weighted by Crippen LogP contribution is 2.58. The van der Waals surface area contributed by atoms with Crippen LogP contribution in [0.15, 0.2) is 218 Å². The molecule has 8 rings (SSSR count). The van der Waals surface area contributed by atoms with Gasteiger partial charge >= 0.3 is 0 Å². The van der Waals surface area contributed by atoms with Gasteiger partial charge in [0.15, 0.2) is 0 Å². The predicted molar refractivity (Wildman–Crippen MR) is 214 cm³/mol. The van der Waals surface area contributed by atoms with E-state index in [0.29, 0.717) is 0 Å². The molecule has 236 valence electrons. The number of hydrogen-bond acceptors (Lipinski definition) is 0. The van der Waals surface area contributed by atoms with Crippen LogP contribution in [-0.2, 0) is 0 Å². The smallest absolute Gasteiger partial charge is 0.144 e. The summed E-state index contributed by atoms with van der Waals surface area (Å²) in [4.78, 5) is 0. The lowest BCUT2D eigenvalue weighted by Gasteiger charge is -2.31. The summed E-state index contributed by atoms with van der Waals surface area (Å²) in [5.41, 5.74) is 0. The molecule has 0 saturated heterocycles. The summed E-state index contributed by atoms with van der Waals surface area (Å²) in [6, 6.07) is 81.4. The molecular formula is C46H36BrP2+. The standard InChI is InChI=1S/C46H36P2.BrH/c1-7-21-37(22-8-1)47(38-23-9-2-10-24-38,39-25-11-3-12-26-39)45-35-36-46(44-34-20-19-33-43(44)45)48(40-27-13-4-14-28-40,41-29-15-5-16-30-41)42-31-17-6-18-32-42;/h1-36H;1H/q+2;/p-1. The van der Waals surface area contributed by atoms with Gasteiger partial charge in [-0.1, -0.05) is 133 Å². The van der Waals surface area contributed by atoms with Crippen molar-refractivity contribution in [2.45, 2.75) is 0 Å². The Bertz CT molecular complexity index is 1900. The highest BCUT2D eigenvalue weighted by atomic mass is 79.9. The molecule has 49 heavy (non-hydrogen) atoms. The third-order valence-corrected chi connectivity index (χ3v) is 18.1. The zero-order valence-corrected chi connectivity index (χ0v) is 30.4. The Hall–Kier alpha value is -4.64. The Morgan fingerprint density at radius 3 is 0.592 bits per heavy atom. The Labute approximate surface area is 301 Å². The fourth-order valence-electron chi connectivity index (χ4n) is 7.49. The fraction of sp³-hybridized carbons (Fsp3) is 0. The first-order valence-corrected chi connectivity index (χ1v) is 20.1. The average molecular weight is 731 g/mol. The van der Waals surface area contributed by atoms with Crippen LogP contribution >= 0.6 is 14.5 Å². The summed E-state index contributed by atoms with van der Waals surface area (Å²) in [5.74, 6) is 0. The third kappa shape index (κ3) is 5.57. The zero-order chi connectivity index (χ0) is 32.2. The molecular weight excluding hydrogens is 694 g/mol. The lowest BCUT2D eigenvalue weighted by Crippen LogP contribution is -3.00. The van der Waals surface area contributed by atoms with E-state index in [0.717, 1.165) is 0 Å².